The van der Waals surface area contributed by atoms with Crippen LogP contribution in [0.15, 0.2) is 34.0 Å². The van der Waals surface area contributed by atoms with Gasteiger partial charge in [0.1, 0.15) is 0 Å². The fourth-order valence-corrected chi connectivity index (χ4v) is 3.74. The van der Waals surface area contributed by atoms with E-state index in [0.29, 0.717) is 11.4 Å². The average Bonchev–Trinajstić information content (AvgIpc) is 2.94. The number of rotatable bonds is 6. The first kappa shape index (κ1) is 16.1. The number of aromatic nitrogens is 1. The molecule has 0 fully saturated rings. The van der Waals surface area contributed by atoms with E-state index in [1.807, 2.05) is 25.4 Å². The van der Waals surface area contributed by atoms with Crippen LogP contribution in [-0.4, -0.2) is 31.8 Å². The van der Waals surface area contributed by atoms with Crippen LogP contribution >= 0.6 is 11.3 Å². The quantitative estimate of drug-likeness (QED) is 0.882. The van der Waals surface area contributed by atoms with Crippen LogP contribution in [0.5, 0.6) is 0 Å². The van der Waals surface area contributed by atoms with Gasteiger partial charge in [-0.05, 0) is 37.2 Å². The molecule has 0 amide bonds. The van der Waals surface area contributed by atoms with Gasteiger partial charge in [-0.1, -0.05) is 6.07 Å². The van der Waals surface area contributed by atoms with E-state index in [1.165, 1.54) is 15.6 Å². The first-order valence-corrected chi connectivity index (χ1v) is 8.91. The standard InChI is InChI=1S/C14H19N3O2S2/c1-11-4-5-14(6-12(11)7-15-2)21(18,19)17(3)8-13-9-20-10-16-13/h4-6,9-10,15H,7-8H2,1-3H3. The molecule has 1 aromatic heterocycles. The minimum absolute atomic E-state index is 0.279. The molecule has 21 heavy (non-hydrogen) atoms. The van der Waals surface area contributed by atoms with Crippen LogP contribution in [0.2, 0.25) is 0 Å². The summed E-state index contributed by atoms with van der Waals surface area (Å²) in [5.74, 6) is 0. The van der Waals surface area contributed by atoms with Crippen LogP contribution in [0, 0.1) is 6.92 Å². The summed E-state index contributed by atoms with van der Waals surface area (Å²) in [4.78, 5) is 4.44. The number of aryl methyl sites for hydroxylation is 1. The molecule has 0 saturated heterocycles. The Morgan fingerprint density at radius 1 is 1.38 bits per heavy atom. The monoisotopic (exact) mass is 325 g/mol. The van der Waals surface area contributed by atoms with Crippen molar-refractivity contribution in [3.05, 3.63) is 45.9 Å². The lowest BCUT2D eigenvalue weighted by molar-refractivity contribution is 0.463. The van der Waals surface area contributed by atoms with Gasteiger partial charge in [0.2, 0.25) is 10.0 Å². The number of thiazole rings is 1. The van der Waals surface area contributed by atoms with Crippen molar-refractivity contribution in [3.63, 3.8) is 0 Å². The highest BCUT2D eigenvalue weighted by molar-refractivity contribution is 7.89. The largest absolute Gasteiger partial charge is 0.316 e. The van der Waals surface area contributed by atoms with Crippen molar-refractivity contribution < 1.29 is 8.42 Å². The first-order valence-electron chi connectivity index (χ1n) is 6.52. The van der Waals surface area contributed by atoms with Gasteiger partial charge in [0.15, 0.2) is 0 Å². The fourth-order valence-electron chi connectivity index (χ4n) is 2.00. The Bertz CT molecular complexity index is 697. The molecule has 1 N–H and O–H groups in total. The minimum Gasteiger partial charge on any atom is -0.316 e. The Morgan fingerprint density at radius 3 is 2.76 bits per heavy atom. The van der Waals surface area contributed by atoms with Gasteiger partial charge in [-0.15, -0.1) is 11.3 Å². The summed E-state index contributed by atoms with van der Waals surface area (Å²) in [6.07, 6.45) is 0. The summed E-state index contributed by atoms with van der Waals surface area (Å²) < 4.78 is 26.5. The lowest BCUT2D eigenvalue weighted by atomic mass is 10.1. The van der Waals surface area contributed by atoms with Crippen LogP contribution in [0.4, 0.5) is 0 Å². The number of nitrogens with one attached hydrogen (secondary N) is 1. The summed E-state index contributed by atoms with van der Waals surface area (Å²) in [5, 5.41) is 4.91. The molecule has 0 atom stereocenters. The van der Waals surface area contributed by atoms with Gasteiger partial charge in [0.25, 0.3) is 0 Å². The third-order valence-corrected chi connectivity index (χ3v) is 5.70. The Hall–Kier alpha value is -1.28. The van der Waals surface area contributed by atoms with E-state index in [2.05, 4.69) is 10.3 Å². The van der Waals surface area contributed by atoms with Crippen LogP contribution in [0.1, 0.15) is 16.8 Å². The maximum absolute atomic E-state index is 12.6. The van der Waals surface area contributed by atoms with E-state index < -0.39 is 10.0 Å². The Balaban J connectivity index is 2.28. The van der Waals surface area contributed by atoms with E-state index in [-0.39, 0.29) is 6.54 Å². The molecule has 0 saturated carbocycles. The van der Waals surface area contributed by atoms with Gasteiger partial charge in [0.05, 0.1) is 22.6 Å². The van der Waals surface area contributed by atoms with E-state index in [9.17, 15) is 8.42 Å². The molecule has 7 heteroatoms. The number of benzene rings is 1. The summed E-state index contributed by atoms with van der Waals surface area (Å²) in [7, 11) is -0.0845. The van der Waals surface area contributed by atoms with E-state index in [4.69, 9.17) is 0 Å². The van der Waals surface area contributed by atoms with Crippen molar-refractivity contribution in [2.75, 3.05) is 14.1 Å². The summed E-state index contributed by atoms with van der Waals surface area (Å²) in [6.45, 7) is 2.90. The molecule has 0 aliphatic carbocycles. The molecule has 2 aromatic rings. The molecule has 0 radical (unpaired) electrons. The van der Waals surface area contributed by atoms with E-state index >= 15 is 0 Å². The first-order chi connectivity index (χ1) is 9.95. The molecule has 0 bridgehead atoms. The summed E-state index contributed by atoms with van der Waals surface area (Å²) in [5.41, 5.74) is 4.52. The molecule has 0 unspecified atom stereocenters. The average molecular weight is 325 g/mol. The van der Waals surface area contributed by atoms with Crippen molar-refractivity contribution in [2.45, 2.75) is 24.9 Å². The third-order valence-electron chi connectivity index (χ3n) is 3.26. The van der Waals surface area contributed by atoms with Crippen LogP contribution in [-0.2, 0) is 23.1 Å². The van der Waals surface area contributed by atoms with E-state index in [0.717, 1.165) is 16.8 Å². The Morgan fingerprint density at radius 2 is 2.14 bits per heavy atom. The summed E-state index contributed by atoms with van der Waals surface area (Å²) >= 11 is 1.46. The lowest BCUT2D eigenvalue weighted by Gasteiger charge is -2.17. The number of hydrogen-bond acceptors (Lipinski definition) is 5. The highest BCUT2D eigenvalue weighted by Gasteiger charge is 2.22. The van der Waals surface area contributed by atoms with Gasteiger partial charge in [-0.3, -0.25) is 0 Å². The predicted octanol–water partition coefficient (Wildman–Crippen LogP) is 1.99. The van der Waals surface area contributed by atoms with Crippen LogP contribution in [0.25, 0.3) is 0 Å². The predicted molar refractivity (Wildman–Crippen MR) is 84.7 cm³/mol. The normalized spacial score (nSPS) is 12.0. The smallest absolute Gasteiger partial charge is 0.243 e. The molecule has 1 aromatic carbocycles. The molecule has 0 aliphatic rings. The number of nitrogens with zero attached hydrogens (tertiary/aromatic N) is 2. The minimum atomic E-state index is -3.50. The van der Waals surface area contributed by atoms with Crippen molar-refractivity contribution in [2.24, 2.45) is 0 Å². The Kier molecular flexibility index (Phi) is 5.10. The van der Waals surface area contributed by atoms with Gasteiger partial charge in [-0.2, -0.15) is 4.31 Å². The van der Waals surface area contributed by atoms with Crippen LogP contribution < -0.4 is 5.32 Å². The maximum atomic E-state index is 12.6. The van der Waals surface area contributed by atoms with Gasteiger partial charge in [-0.25, -0.2) is 13.4 Å². The topological polar surface area (TPSA) is 62.3 Å². The summed E-state index contributed by atoms with van der Waals surface area (Å²) in [6, 6.07) is 5.23. The molecule has 114 valence electrons. The second kappa shape index (κ2) is 6.65. The highest BCUT2D eigenvalue weighted by atomic mass is 32.2. The number of hydrogen-bond donors (Lipinski definition) is 1. The molecule has 0 spiro atoms. The van der Waals surface area contributed by atoms with Gasteiger partial charge in [0, 0.05) is 19.0 Å². The zero-order valence-corrected chi connectivity index (χ0v) is 14.0. The zero-order valence-electron chi connectivity index (χ0n) is 12.3. The highest BCUT2D eigenvalue weighted by Crippen LogP contribution is 2.20. The second-order valence-electron chi connectivity index (χ2n) is 4.86. The van der Waals surface area contributed by atoms with Gasteiger partial charge < -0.3 is 5.32 Å². The number of sulfonamides is 1. The lowest BCUT2D eigenvalue weighted by Crippen LogP contribution is -2.27. The molecule has 5 nitrogen and oxygen atoms in total. The molecule has 0 aliphatic heterocycles. The van der Waals surface area contributed by atoms with Crippen molar-refractivity contribution >= 4 is 21.4 Å². The molecule has 2 rings (SSSR count). The van der Waals surface area contributed by atoms with Crippen molar-refractivity contribution in [1.82, 2.24) is 14.6 Å². The Labute approximate surface area is 129 Å². The molecular weight excluding hydrogens is 306 g/mol. The molecule has 1 heterocycles. The van der Waals surface area contributed by atoms with E-state index in [1.54, 1.807) is 24.7 Å². The van der Waals surface area contributed by atoms with Crippen molar-refractivity contribution in [3.8, 4) is 0 Å². The zero-order chi connectivity index (χ0) is 15.5. The maximum Gasteiger partial charge on any atom is 0.243 e. The fraction of sp³-hybridized carbons (Fsp3) is 0.357. The van der Waals surface area contributed by atoms with Crippen LogP contribution in [0.3, 0.4) is 0 Å². The molecular formula is C14H19N3O2S2. The second-order valence-corrected chi connectivity index (χ2v) is 7.62. The third kappa shape index (κ3) is 3.68. The van der Waals surface area contributed by atoms with Gasteiger partial charge >= 0.3 is 0 Å². The van der Waals surface area contributed by atoms with Crippen molar-refractivity contribution in [1.29, 1.82) is 0 Å². The SMILES string of the molecule is CNCc1cc(S(=O)(=O)N(C)Cc2cscn2)ccc1C.